The van der Waals surface area contributed by atoms with Gasteiger partial charge in [-0.05, 0) is 31.0 Å². The number of hydrogen-bond donors (Lipinski definition) is 2. The number of ether oxygens (including phenoxy) is 1. The second-order valence-electron chi connectivity index (χ2n) is 6.03. The van der Waals surface area contributed by atoms with Crippen molar-refractivity contribution in [1.82, 2.24) is 10.2 Å². The predicted molar refractivity (Wildman–Crippen MR) is 93.6 cm³/mol. The van der Waals surface area contributed by atoms with Crippen LogP contribution in [0.4, 0.5) is 5.82 Å². The lowest BCUT2D eigenvalue weighted by atomic mass is 9.84. The van der Waals surface area contributed by atoms with E-state index in [1.54, 1.807) is 37.4 Å². The van der Waals surface area contributed by atoms with Gasteiger partial charge >= 0.3 is 0 Å². The summed E-state index contributed by atoms with van der Waals surface area (Å²) < 4.78 is 5.58. The normalized spacial score (nSPS) is 16.1. The van der Waals surface area contributed by atoms with Crippen LogP contribution in [0.5, 0.6) is 5.75 Å². The average molecular weight is 337 g/mol. The largest absolute Gasteiger partial charge is 0.507 e. The van der Waals surface area contributed by atoms with Gasteiger partial charge in [-0.15, -0.1) is 10.2 Å². The molecule has 25 heavy (non-hydrogen) atoms. The van der Waals surface area contributed by atoms with Gasteiger partial charge in [0.1, 0.15) is 17.1 Å². The number of benzene rings is 1. The van der Waals surface area contributed by atoms with E-state index in [1.807, 2.05) is 0 Å². The number of nitrogens with zero attached hydrogens (tertiary/aromatic N) is 2. The van der Waals surface area contributed by atoms with Crippen LogP contribution in [-0.2, 0) is 9.53 Å². The molecule has 2 aromatic rings. The van der Waals surface area contributed by atoms with Gasteiger partial charge in [0.25, 0.3) is 0 Å². The monoisotopic (exact) mass is 337 g/mol. The van der Waals surface area contributed by atoms with Crippen LogP contribution in [0.25, 0.3) is 11.3 Å². The number of aromatic hydroxyl groups is 1. The molecule has 1 aromatic carbocycles. The zero-order valence-electron chi connectivity index (χ0n) is 14.0. The van der Waals surface area contributed by atoms with Gasteiger partial charge in [-0.3, -0.25) is 4.79 Å². The number of phenols is 1. The Morgan fingerprint density at radius 1 is 1.24 bits per heavy atom. The molecule has 3 rings (SSSR count). The molecule has 0 radical (unpaired) electrons. The van der Waals surface area contributed by atoms with Gasteiger partial charge in [-0.25, -0.2) is 0 Å². The minimum Gasteiger partial charge on any atom is -0.507 e. The van der Waals surface area contributed by atoms with Crippen molar-refractivity contribution in [3.05, 3.63) is 35.9 Å². The second-order valence-corrected chi connectivity index (χ2v) is 6.03. The van der Waals surface area contributed by atoms with Crippen LogP contribution in [0.2, 0.25) is 0 Å². The first-order chi connectivity index (χ1) is 12.0. The Labute approximate surface area is 146 Å². The van der Waals surface area contributed by atoms with Crippen molar-refractivity contribution in [2.24, 2.45) is 0 Å². The molecule has 1 aliphatic carbocycles. The van der Waals surface area contributed by atoms with E-state index in [2.05, 4.69) is 22.0 Å². The summed E-state index contributed by atoms with van der Waals surface area (Å²) >= 11 is 0. The lowest BCUT2D eigenvalue weighted by Crippen LogP contribution is -2.34. The average Bonchev–Trinajstić information content (AvgIpc) is 2.63. The number of ketones is 1. The molecule has 128 valence electrons. The molecule has 1 aliphatic rings. The maximum atomic E-state index is 11.5. The van der Waals surface area contributed by atoms with Gasteiger partial charge < -0.3 is 15.6 Å². The summed E-state index contributed by atoms with van der Waals surface area (Å²) in [5.74, 6) is 6.71. The molecule has 3 N–H and O–H groups in total. The van der Waals surface area contributed by atoms with Crippen LogP contribution in [0.1, 0.15) is 31.2 Å². The molecule has 0 atom stereocenters. The number of carbonyl (C=O) groups is 1. The predicted octanol–water partition coefficient (Wildman–Crippen LogP) is 2.31. The number of carbonyl (C=O) groups excluding carboxylic acids is 1. The fourth-order valence-electron chi connectivity index (χ4n) is 2.82. The third-order valence-corrected chi connectivity index (χ3v) is 4.43. The molecule has 0 aliphatic heterocycles. The number of methoxy groups -OCH3 is 1. The Balaban J connectivity index is 1.95. The molecule has 1 saturated carbocycles. The topological polar surface area (TPSA) is 98.3 Å². The Kier molecular flexibility index (Phi) is 4.68. The van der Waals surface area contributed by atoms with Gasteiger partial charge in [0.05, 0.1) is 11.3 Å². The highest BCUT2D eigenvalue weighted by Gasteiger charge is 2.33. The van der Waals surface area contributed by atoms with E-state index in [4.69, 9.17) is 10.5 Å². The summed E-state index contributed by atoms with van der Waals surface area (Å²) in [6, 6.07) is 8.56. The second kappa shape index (κ2) is 6.91. The van der Waals surface area contributed by atoms with Crippen molar-refractivity contribution in [3.63, 3.8) is 0 Å². The number of Topliss-reactive ketones (excluding diaryl/α,β-unsaturated/α-hetero) is 1. The number of anilines is 1. The van der Waals surface area contributed by atoms with E-state index in [9.17, 15) is 9.90 Å². The van der Waals surface area contributed by atoms with Crippen molar-refractivity contribution in [1.29, 1.82) is 0 Å². The maximum Gasteiger partial charge on any atom is 0.161 e. The van der Waals surface area contributed by atoms with Gasteiger partial charge in [-0.1, -0.05) is 24.0 Å². The highest BCUT2D eigenvalue weighted by molar-refractivity contribution is 5.79. The molecule has 0 bridgehead atoms. The molecule has 1 fully saturated rings. The Hall–Kier alpha value is -2.91. The number of para-hydroxylation sites is 1. The molecule has 1 aromatic heterocycles. The van der Waals surface area contributed by atoms with Crippen LogP contribution < -0.4 is 5.73 Å². The van der Waals surface area contributed by atoms with Crippen molar-refractivity contribution in [2.45, 2.75) is 31.3 Å². The van der Waals surface area contributed by atoms with Crippen LogP contribution in [-0.4, -0.2) is 33.8 Å². The minimum absolute atomic E-state index is 0.111. The number of rotatable bonds is 2. The molecular weight excluding hydrogens is 318 g/mol. The van der Waals surface area contributed by atoms with E-state index >= 15 is 0 Å². The standard InChI is InChI=1S/C19H19N3O3/c1-25-19(10-7-14(23)8-11-19)9-6-13-12-16(21-22-18(13)20)15-4-2-3-5-17(15)24/h2-5,12,24H,7-8,10-11H2,1H3,(H2,20,22). The lowest BCUT2D eigenvalue weighted by molar-refractivity contribution is -0.124. The number of aromatic nitrogens is 2. The van der Waals surface area contributed by atoms with E-state index < -0.39 is 5.60 Å². The van der Waals surface area contributed by atoms with Crippen molar-refractivity contribution in [3.8, 4) is 28.8 Å². The third kappa shape index (κ3) is 3.62. The van der Waals surface area contributed by atoms with E-state index in [0.717, 1.165) is 0 Å². The lowest BCUT2D eigenvalue weighted by Gasteiger charge is -2.30. The first-order valence-corrected chi connectivity index (χ1v) is 8.04. The highest BCUT2D eigenvalue weighted by Crippen LogP contribution is 2.30. The molecule has 6 heteroatoms. The number of hydrogen-bond acceptors (Lipinski definition) is 6. The third-order valence-electron chi connectivity index (χ3n) is 4.43. The van der Waals surface area contributed by atoms with Crippen molar-refractivity contribution in [2.75, 3.05) is 12.8 Å². The van der Waals surface area contributed by atoms with Crippen molar-refractivity contribution < 1.29 is 14.6 Å². The summed E-state index contributed by atoms with van der Waals surface area (Å²) in [6.45, 7) is 0. The zero-order chi connectivity index (χ0) is 17.9. The van der Waals surface area contributed by atoms with Gasteiger partial charge in [-0.2, -0.15) is 0 Å². The highest BCUT2D eigenvalue weighted by atomic mass is 16.5. The molecule has 0 spiro atoms. The first kappa shape index (κ1) is 16.9. The summed E-state index contributed by atoms with van der Waals surface area (Å²) in [5, 5.41) is 17.9. The molecule has 0 unspecified atom stereocenters. The number of phenolic OH excluding ortho intramolecular Hbond substituents is 1. The van der Waals surface area contributed by atoms with Crippen LogP contribution in [0, 0.1) is 11.8 Å². The van der Waals surface area contributed by atoms with Gasteiger partial charge in [0, 0.05) is 25.5 Å². The SMILES string of the molecule is COC1(C#Cc2cc(-c3ccccc3O)nnc2N)CCC(=O)CC1. The molecule has 0 amide bonds. The Morgan fingerprint density at radius 3 is 2.64 bits per heavy atom. The Bertz CT molecular complexity index is 858. The van der Waals surface area contributed by atoms with Gasteiger partial charge in [0.2, 0.25) is 0 Å². The smallest absolute Gasteiger partial charge is 0.161 e. The summed E-state index contributed by atoms with van der Waals surface area (Å²) in [7, 11) is 1.60. The van der Waals surface area contributed by atoms with Crippen LogP contribution >= 0.6 is 0 Å². The molecular formula is C19H19N3O3. The van der Waals surface area contributed by atoms with Crippen LogP contribution in [0.3, 0.4) is 0 Å². The zero-order valence-corrected chi connectivity index (χ0v) is 14.0. The van der Waals surface area contributed by atoms with E-state index in [0.29, 0.717) is 42.5 Å². The van der Waals surface area contributed by atoms with E-state index in [1.165, 1.54) is 0 Å². The minimum atomic E-state index is -0.640. The summed E-state index contributed by atoms with van der Waals surface area (Å²) in [5.41, 5.74) is 6.82. The Morgan fingerprint density at radius 2 is 1.96 bits per heavy atom. The fraction of sp³-hybridized carbons (Fsp3) is 0.316. The fourth-order valence-corrected chi connectivity index (χ4v) is 2.82. The maximum absolute atomic E-state index is 11.5. The first-order valence-electron chi connectivity index (χ1n) is 8.04. The van der Waals surface area contributed by atoms with E-state index in [-0.39, 0.29) is 17.4 Å². The number of nitrogen functional groups attached to an aromatic ring is 1. The quantitative estimate of drug-likeness (QED) is 0.816. The molecule has 6 nitrogen and oxygen atoms in total. The number of nitrogens with two attached hydrogens (primary N) is 1. The van der Waals surface area contributed by atoms with Gasteiger partial charge in [0.15, 0.2) is 5.82 Å². The summed E-state index contributed by atoms with van der Waals surface area (Å²) in [4.78, 5) is 11.5. The molecule has 1 heterocycles. The van der Waals surface area contributed by atoms with Crippen molar-refractivity contribution >= 4 is 11.6 Å². The molecule has 0 saturated heterocycles. The van der Waals surface area contributed by atoms with Crippen LogP contribution in [0.15, 0.2) is 30.3 Å². The summed E-state index contributed by atoms with van der Waals surface area (Å²) in [6.07, 6.45) is 2.08.